The highest BCUT2D eigenvalue weighted by Crippen LogP contribution is 2.05. The quantitative estimate of drug-likeness (QED) is 0.499. The van der Waals surface area contributed by atoms with E-state index < -0.39 is 23.9 Å². The lowest BCUT2D eigenvalue weighted by Crippen LogP contribution is -2.42. The van der Waals surface area contributed by atoms with Crippen LogP contribution in [-0.4, -0.2) is 47.0 Å². The molecular weight excluding hydrogens is 274 g/mol. The van der Waals surface area contributed by atoms with E-state index in [0.717, 1.165) is 17.8 Å². The molecule has 0 radical (unpaired) electrons. The number of hydrogen-bond donors (Lipinski definition) is 2. The number of carboxylic acids is 1. The minimum atomic E-state index is -1.29. The van der Waals surface area contributed by atoms with Gasteiger partial charge in [0.1, 0.15) is 6.04 Å². The number of nitrogens with one attached hydrogen (secondary N) is 1. The van der Waals surface area contributed by atoms with Gasteiger partial charge in [0.2, 0.25) is 5.91 Å². The van der Waals surface area contributed by atoms with Gasteiger partial charge in [-0.15, -0.1) is 0 Å². The zero-order valence-electron chi connectivity index (χ0n) is 10.5. The third-order valence-corrected chi connectivity index (χ3v) is 2.49. The van der Waals surface area contributed by atoms with Crippen LogP contribution in [0.25, 0.3) is 0 Å². The average molecular weight is 289 g/mol. The molecule has 1 amide bonds. The lowest BCUT2D eigenvalue weighted by molar-refractivity contribution is -0.147. The van der Waals surface area contributed by atoms with Gasteiger partial charge in [0.05, 0.1) is 6.61 Å². The molecule has 0 aromatic rings. The Kier molecular flexibility index (Phi) is 8.27. The van der Waals surface area contributed by atoms with Crippen LogP contribution in [0.15, 0.2) is 12.2 Å². The van der Waals surface area contributed by atoms with Crippen molar-refractivity contribution >= 4 is 34.7 Å². The molecule has 0 bridgehead atoms. The standard InChI is InChI=1S/C11H15NO6S/c1-3-18-11(17)7(6-10(16)19-2)12-8(13)4-5-9(14)15/h4-5,7H,3,6H2,1-2H3,(H,12,13)(H,14,15)/t7-/m1/s1. The number of esters is 1. The Labute approximate surface area is 114 Å². The predicted molar refractivity (Wildman–Crippen MR) is 68.5 cm³/mol. The average Bonchev–Trinajstić information content (AvgIpc) is 2.35. The van der Waals surface area contributed by atoms with Gasteiger partial charge in [-0.2, -0.15) is 0 Å². The van der Waals surface area contributed by atoms with Crippen molar-refractivity contribution in [2.75, 3.05) is 12.9 Å². The molecule has 0 aliphatic carbocycles. The molecule has 0 heterocycles. The van der Waals surface area contributed by atoms with Gasteiger partial charge >= 0.3 is 11.9 Å². The minimum absolute atomic E-state index is 0.115. The lowest BCUT2D eigenvalue weighted by Gasteiger charge is -2.14. The Morgan fingerprint density at radius 2 is 1.95 bits per heavy atom. The van der Waals surface area contributed by atoms with E-state index in [9.17, 15) is 19.2 Å². The molecule has 2 N–H and O–H groups in total. The first-order chi connectivity index (χ1) is 8.90. The van der Waals surface area contributed by atoms with Gasteiger partial charge in [-0.3, -0.25) is 9.59 Å². The van der Waals surface area contributed by atoms with Crippen LogP contribution in [0.5, 0.6) is 0 Å². The number of carbonyl (C=O) groups excluding carboxylic acids is 3. The molecular formula is C11H15NO6S. The molecule has 0 aromatic carbocycles. The van der Waals surface area contributed by atoms with E-state index in [1.54, 1.807) is 13.2 Å². The second kappa shape index (κ2) is 9.15. The summed E-state index contributed by atoms with van der Waals surface area (Å²) in [5, 5.41) is 10.3. The van der Waals surface area contributed by atoms with Gasteiger partial charge < -0.3 is 15.2 Å². The highest BCUT2D eigenvalue weighted by atomic mass is 32.2. The molecule has 19 heavy (non-hydrogen) atoms. The van der Waals surface area contributed by atoms with Crippen LogP contribution in [0.4, 0.5) is 0 Å². The summed E-state index contributed by atoms with van der Waals surface area (Å²) in [6, 6.07) is -1.12. The van der Waals surface area contributed by atoms with Gasteiger partial charge in [0, 0.05) is 18.6 Å². The minimum Gasteiger partial charge on any atom is -0.478 e. The summed E-state index contributed by atoms with van der Waals surface area (Å²) in [5.74, 6) is -2.81. The summed E-state index contributed by atoms with van der Waals surface area (Å²) in [7, 11) is 0. The molecule has 106 valence electrons. The maximum Gasteiger partial charge on any atom is 0.329 e. The highest BCUT2D eigenvalue weighted by molar-refractivity contribution is 8.13. The fraction of sp³-hybridized carbons (Fsp3) is 0.455. The van der Waals surface area contributed by atoms with Crippen LogP contribution in [0.2, 0.25) is 0 Å². The summed E-state index contributed by atoms with van der Waals surface area (Å²) >= 11 is 0.924. The van der Waals surface area contributed by atoms with Crippen LogP contribution in [0.1, 0.15) is 13.3 Å². The molecule has 8 heteroatoms. The van der Waals surface area contributed by atoms with Crippen molar-refractivity contribution in [1.29, 1.82) is 0 Å². The van der Waals surface area contributed by atoms with Crippen LogP contribution < -0.4 is 5.32 Å². The molecule has 0 aliphatic heterocycles. The zero-order valence-corrected chi connectivity index (χ0v) is 11.4. The van der Waals surface area contributed by atoms with Crippen molar-refractivity contribution in [3.05, 3.63) is 12.2 Å². The summed E-state index contributed by atoms with van der Waals surface area (Å²) < 4.78 is 4.72. The normalized spacial score (nSPS) is 11.9. The van der Waals surface area contributed by atoms with Crippen molar-refractivity contribution in [3.8, 4) is 0 Å². The number of thioether (sulfide) groups is 1. The van der Waals surface area contributed by atoms with E-state index in [1.807, 2.05) is 0 Å². The Balaban J connectivity index is 4.65. The van der Waals surface area contributed by atoms with E-state index in [0.29, 0.717) is 6.08 Å². The maximum absolute atomic E-state index is 11.5. The van der Waals surface area contributed by atoms with Crippen LogP contribution >= 0.6 is 11.8 Å². The summed E-state index contributed by atoms with van der Waals surface area (Å²) in [5.41, 5.74) is 0. The smallest absolute Gasteiger partial charge is 0.329 e. The molecule has 0 rings (SSSR count). The third kappa shape index (κ3) is 7.98. The lowest BCUT2D eigenvalue weighted by atomic mass is 10.2. The second-order valence-corrected chi connectivity index (χ2v) is 4.13. The van der Waals surface area contributed by atoms with E-state index >= 15 is 0 Å². The van der Waals surface area contributed by atoms with Gasteiger partial charge in [-0.25, -0.2) is 9.59 Å². The van der Waals surface area contributed by atoms with Gasteiger partial charge in [-0.05, 0) is 13.2 Å². The van der Waals surface area contributed by atoms with Crippen molar-refractivity contribution in [3.63, 3.8) is 0 Å². The molecule has 0 aromatic heterocycles. The van der Waals surface area contributed by atoms with E-state index in [4.69, 9.17) is 9.84 Å². The largest absolute Gasteiger partial charge is 0.478 e. The maximum atomic E-state index is 11.5. The molecule has 0 spiro atoms. The fourth-order valence-corrected chi connectivity index (χ4v) is 1.39. The molecule has 7 nitrogen and oxygen atoms in total. The second-order valence-electron chi connectivity index (χ2n) is 3.27. The monoisotopic (exact) mass is 289 g/mol. The van der Waals surface area contributed by atoms with Crippen molar-refractivity contribution in [2.24, 2.45) is 0 Å². The fourth-order valence-electron chi connectivity index (χ4n) is 1.05. The predicted octanol–water partition coefficient (Wildman–Crippen LogP) is -0.0452. The Morgan fingerprint density at radius 1 is 1.32 bits per heavy atom. The van der Waals surface area contributed by atoms with Gasteiger partial charge in [0.25, 0.3) is 0 Å². The zero-order chi connectivity index (χ0) is 14.8. The number of carboxylic acid groups (broad SMARTS) is 1. The van der Waals surface area contributed by atoms with Gasteiger partial charge in [0.15, 0.2) is 5.12 Å². The third-order valence-electron chi connectivity index (χ3n) is 1.86. The first-order valence-electron chi connectivity index (χ1n) is 5.35. The van der Waals surface area contributed by atoms with Crippen molar-refractivity contribution < 1.29 is 29.0 Å². The van der Waals surface area contributed by atoms with Crippen LogP contribution in [-0.2, 0) is 23.9 Å². The summed E-state index contributed by atoms with van der Waals surface area (Å²) in [6.45, 7) is 1.71. The first-order valence-corrected chi connectivity index (χ1v) is 6.58. The highest BCUT2D eigenvalue weighted by Gasteiger charge is 2.24. The number of amides is 1. The molecule has 0 unspecified atom stereocenters. The van der Waals surface area contributed by atoms with E-state index in [-0.39, 0.29) is 18.1 Å². The Bertz CT molecular complexity index is 393. The van der Waals surface area contributed by atoms with Crippen LogP contribution in [0.3, 0.4) is 0 Å². The topological polar surface area (TPSA) is 110 Å². The number of hydrogen-bond acceptors (Lipinski definition) is 6. The molecule has 0 fully saturated rings. The molecule has 0 saturated carbocycles. The van der Waals surface area contributed by atoms with E-state index in [2.05, 4.69) is 5.32 Å². The van der Waals surface area contributed by atoms with Gasteiger partial charge in [-0.1, -0.05) is 11.8 Å². The van der Waals surface area contributed by atoms with Crippen LogP contribution in [0, 0.1) is 0 Å². The number of rotatable bonds is 7. The van der Waals surface area contributed by atoms with Crippen molar-refractivity contribution in [2.45, 2.75) is 19.4 Å². The summed E-state index contributed by atoms with van der Waals surface area (Å²) in [4.78, 5) is 44.4. The molecule has 1 atom stereocenters. The number of aliphatic carboxylic acids is 1. The Hall–Kier alpha value is -1.83. The SMILES string of the molecule is CCOC(=O)[C@@H](CC(=O)SC)NC(=O)C=CC(=O)O. The van der Waals surface area contributed by atoms with E-state index in [1.165, 1.54) is 0 Å². The van der Waals surface area contributed by atoms with Crippen molar-refractivity contribution in [1.82, 2.24) is 5.32 Å². The first kappa shape index (κ1) is 17.2. The molecule has 0 aliphatic rings. The summed E-state index contributed by atoms with van der Waals surface area (Å²) in [6.07, 6.45) is 2.73. The molecule has 0 saturated heterocycles. The number of ether oxygens (including phenoxy) is 1. The number of carbonyl (C=O) groups is 4. The Morgan fingerprint density at radius 3 is 2.42 bits per heavy atom.